The van der Waals surface area contributed by atoms with E-state index >= 15 is 0 Å². The molecule has 126 valence electrons. The van der Waals surface area contributed by atoms with E-state index in [0.29, 0.717) is 30.6 Å². The topological polar surface area (TPSA) is 83.6 Å². The molecule has 0 saturated carbocycles. The van der Waals surface area contributed by atoms with Crippen LogP contribution in [0.2, 0.25) is 0 Å². The van der Waals surface area contributed by atoms with Gasteiger partial charge in [-0.2, -0.15) is 0 Å². The molecule has 1 saturated heterocycles. The SMILES string of the molecule is CC(=O)c1ccc(NC(=O)CCN(C)C2CCS(=O)(=O)C2)cc1. The Bertz CT molecular complexity index is 683. The number of ketones is 1. The second kappa shape index (κ2) is 7.23. The average Bonchev–Trinajstić information content (AvgIpc) is 2.85. The molecule has 1 aromatic rings. The maximum Gasteiger partial charge on any atom is 0.225 e. The first-order chi connectivity index (χ1) is 10.8. The maximum absolute atomic E-state index is 12.0. The summed E-state index contributed by atoms with van der Waals surface area (Å²) in [7, 11) is -1.06. The normalized spacial score (nSPS) is 19.7. The zero-order chi connectivity index (χ0) is 17.0. The van der Waals surface area contributed by atoms with E-state index in [1.807, 2.05) is 11.9 Å². The third-order valence-electron chi connectivity index (χ3n) is 4.10. The highest BCUT2D eigenvalue weighted by molar-refractivity contribution is 7.91. The standard InChI is InChI=1S/C16H22N2O4S/c1-12(19)13-3-5-14(6-4-13)17-16(20)7-9-18(2)15-8-10-23(21,22)11-15/h3-6,15H,7-11H2,1-2H3,(H,17,20). The number of hydrogen-bond acceptors (Lipinski definition) is 5. The number of nitrogens with one attached hydrogen (secondary N) is 1. The third kappa shape index (κ3) is 5.14. The van der Waals surface area contributed by atoms with Crippen molar-refractivity contribution in [1.82, 2.24) is 4.90 Å². The van der Waals surface area contributed by atoms with Crippen molar-refractivity contribution in [1.29, 1.82) is 0 Å². The van der Waals surface area contributed by atoms with Gasteiger partial charge in [-0.05, 0) is 44.7 Å². The molecule has 1 heterocycles. The first-order valence-corrected chi connectivity index (χ1v) is 9.40. The van der Waals surface area contributed by atoms with E-state index in [1.54, 1.807) is 24.3 Å². The fourth-order valence-electron chi connectivity index (χ4n) is 2.60. The Morgan fingerprint density at radius 1 is 1.26 bits per heavy atom. The highest BCUT2D eigenvalue weighted by atomic mass is 32.2. The quantitative estimate of drug-likeness (QED) is 0.791. The van der Waals surface area contributed by atoms with Gasteiger partial charge in [-0.3, -0.25) is 9.59 Å². The van der Waals surface area contributed by atoms with E-state index in [0.717, 1.165) is 0 Å². The second-order valence-corrected chi connectivity index (χ2v) is 8.20. The number of benzene rings is 1. The third-order valence-corrected chi connectivity index (χ3v) is 5.85. The molecule has 0 spiro atoms. The van der Waals surface area contributed by atoms with Crippen LogP contribution in [-0.4, -0.2) is 56.1 Å². The Morgan fingerprint density at radius 2 is 1.91 bits per heavy atom. The van der Waals surface area contributed by atoms with E-state index in [-0.39, 0.29) is 29.2 Å². The summed E-state index contributed by atoms with van der Waals surface area (Å²) >= 11 is 0. The van der Waals surface area contributed by atoms with Gasteiger partial charge in [0.15, 0.2) is 15.6 Å². The molecule has 1 N–H and O–H groups in total. The molecule has 2 rings (SSSR count). The van der Waals surface area contributed by atoms with E-state index in [1.165, 1.54) is 6.92 Å². The van der Waals surface area contributed by atoms with Gasteiger partial charge in [0.05, 0.1) is 11.5 Å². The monoisotopic (exact) mass is 338 g/mol. The summed E-state index contributed by atoms with van der Waals surface area (Å²) in [6, 6.07) is 6.74. The van der Waals surface area contributed by atoms with Crippen molar-refractivity contribution in [3.05, 3.63) is 29.8 Å². The molecule has 1 amide bonds. The van der Waals surface area contributed by atoms with Gasteiger partial charge in [-0.15, -0.1) is 0 Å². The van der Waals surface area contributed by atoms with Crippen molar-refractivity contribution in [3.63, 3.8) is 0 Å². The summed E-state index contributed by atoms with van der Waals surface area (Å²) < 4.78 is 22.9. The van der Waals surface area contributed by atoms with E-state index in [2.05, 4.69) is 5.32 Å². The zero-order valence-corrected chi connectivity index (χ0v) is 14.2. The number of nitrogens with zero attached hydrogens (tertiary/aromatic N) is 1. The van der Waals surface area contributed by atoms with Crippen LogP contribution in [0.3, 0.4) is 0 Å². The lowest BCUT2D eigenvalue weighted by molar-refractivity contribution is -0.116. The van der Waals surface area contributed by atoms with E-state index in [4.69, 9.17) is 0 Å². The van der Waals surface area contributed by atoms with E-state index < -0.39 is 9.84 Å². The van der Waals surface area contributed by atoms with Crippen LogP contribution in [0.4, 0.5) is 5.69 Å². The Hall–Kier alpha value is -1.73. The lowest BCUT2D eigenvalue weighted by Gasteiger charge is -2.22. The number of carbonyl (C=O) groups is 2. The van der Waals surface area contributed by atoms with Crippen molar-refractivity contribution < 1.29 is 18.0 Å². The van der Waals surface area contributed by atoms with Crippen LogP contribution < -0.4 is 5.32 Å². The number of sulfone groups is 1. The zero-order valence-electron chi connectivity index (χ0n) is 13.4. The highest BCUT2D eigenvalue weighted by Crippen LogP contribution is 2.17. The summed E-state index contributed by atoms with van der Waals surface area (Å²) in [4.78, 5) is 25.1. The summed E-state index contributed by atoms with van der Waals surface area (Å²) in [6.07, 6.45) is 0.925. The minimum atomic E-state index is -2.91. The van der Waals surface area contributed by atoms with Crippen molar-refractivity contribution in [2.45, 2.75) is 25.8 Å². The highest BCUT2D eigenvalue weighted by Gasteiger charge is 2.30. The Labute approximate surface area is 136 Å². The molecule has 0 aromatic heterocycles. The molecule has 1 aliphatic rings. The van der Waals surface area contributed by atoms with Crippen LogP contribution in [-0.2, 0) is 14.6 Å². The summed E-state index contributed by atoms with van der Waals surface area (Å²) in [6.45, 7) is 2.00. The molecule has 0 bridgehead atoms. The van der Waals surface area contributed by atoms with Crippen molar-refractivity contribution in [2.24, 2.45) is 0 Å². The van der Waals surface area contributed by atoms with Gasteiger partial charge in [0, 0.05) is 30.3 Å². The van der Waals surface area contributed by atoms with Gasteiger partial charge in [0.1, 0.15) is 0 Å². The minimum Gasteiger partial charge on any atom is -0.326 e. The van der Waals surface area contributed by atoms with Gasteiger partial charge in [0.2, 0.25) is 5.91 Å². The second-order valence-electron chi connectivity index (χ2n) is 5.97. The number of rotatable bonds is 6. The number of carbonyl (C=O) groups excluding carboxylic acids is 2. The molecule has 0 radical (unpaired) electrons. The Balaban J connectivity index is 1.79. The molecule has 1 aromatic carbocycles. The van der Waals surface area contributed by atoms with Crippen molar-refractivity contribution >= 4 is 27.2 Å². The molecule has 1 aliphatic heterocycles. The summed E-state index contributed by atoms with van der Waals surface area (Å²) in [5.41, 5.74) is 1.25. The predicted molar refractivity (Wildman–Crippen MR) is 89.4 cm³/mol. The Morgan fingerprint density at radius 3 is 2.43 bits per heavy atom. The lowest BCUT2D eigenvalue weighted by atomic mass is 10.1. The minimum absolute atomic E-state index is 0.00245. The van der Waals surface area contributed by atoms with Crippen LogP contribution >= 0.6 is 0 Å². The molecular weight excluding hydrogens is 316 g/mol. The molecule has 6 nitrogen and oxygen atoms in total. The fourth-order valence-corrected chi connectivity index (χ4v) is 4.40. The van der Waals surface area contributed by atoms with Gasteiger partial charge in [-0.25, -0.2) is 8.42 Å². The van der Waals surface area contributed by atoms with Crippen LogP contribution in [0.5, 0.6) is 0 Å². The van der Waals surface area contributed by atoms with Gasteiger partial charge >= 0.3 is 0 Å². The summed E-state index contributed by atoms with van der Waals surface area (Å²) in [5.74, 6) is 0.262. The van der Waals surface area contributed by atoms with Crippen molar-refractivity contribution in [2.75, 3.05) is 30.4 Å². The van der Waals surface area contributed by atoms with Crippen LogP contribution in [0.15, 0.2) is 24.3 Å². The number of hydrogen-bond donors (Lipinski definition) is 1. The molecule has 0 aliphatic carbocycles. The molecular formula is C16H22N2O4S. The number of anilines is 1. The van der Waals surface area contributed by atoms with Crippen LogP contribution in [0, 0.1) is 0 Å². The Kier molecular flexibility index (Phi) is 5.54. The first kappa shape index (κ1) is 17.6. The molecule has 1 fully saturated rings. The lowest BCUT2D eigenvalue weighted by Crippen LogP contribution is -2.35. The molecule has 1 unspecified atom stereocenters. The number of Topliss-reactive ketones (excluding diaryl/α,β-unsaturated/α-hetero) is 1. The predicted octanol–water partition coefficient (Wildman–Crippen LogP) is 1.34. The van der Waals surface area contributed by atoms with Crippen LogP contribution in [0.1, 0.15) is 30.1 Å². The molecule has 1 atom stereocenters. The fraction of sp³-hybridized carbons (Fsp3) is 0.500. The molecule has 23 heavy (non-hydrogen) atoms. The van der Waals surface area contributed by atoms with Gasteiger partial charge < -0.3 is 10.2 Å². The molecule has 7 heteroatoms. The van der Waals surface area contributed by atoms with E-state index in [9.17, 15) is 18.0 Å². The van der Waals surface area contributed by atoms with Gasteiger partial charge in [-0.1, -0.05) is 0 Å². The summed E-state index contributed by atoms with van der Waals surface area (Å²) in [5, 5.41) is 2.78. The average molecular weight is 338 g/mol. The maximum atomic E-state index is 12.0. The smallest absolute Gasteiger partial charge is 0.225 e. The number of amides is 1. The first-order valence-electron chi connectivity index (χ1n) is 7.58. The van der Waals surface area contributed by atoms with Crippen LogP contribution in [0.25, 0.3) is 0 Å². The largest absolute Gasteiger partial charge is 0.326 e. The van der Waals surface area contributed by atoms with Crippen molar-refractivity contribution in [3.8, 4) is 0 Å². The van der Waals surface area contributed by atoms with Gasteiger partial charge in [0.25, 0.3) is 0 Å².